The number of nitrogens with one attached hydrogen (secondary N) is 1. The summed E-state index contributed by atoms with van der Waals surface area (Å²) in [5.74, 6) is -0.419. The highest BCUT2D eigenvalue weighted by Gasteiger charge is 2.06. The second-order valence-electron chi connectivity index (χ2n) is 4.46. The maximum Gasteiger partial charge on any atom is 0.335 e. The molecule has 1 amide bonds. The van der Waals surface area contributed by atoms with Crippen LogP contribution >= 0.6 is 0 Å². The number of hydrogen-bond acceptors (Lipinski definition) is 3. The molecule has 0 spiro atoms. The number of ether oxygens (including phenoxy) is 1. The molecule has 0 aromatic heterocycles. The van der Waals surface area contributed by atoms with E-state index in [1.165, 1.54) is 12.1 Å². The topological polar surface area (TPSA) is 75.6 Å². The van der Waals surface area contributed by atoms with Gasteiger partial charge in [-0.2, -0.15) is 0 Å². The third kappa shape index (κ3) is 4.07. The lowest BCUT2D eigenvalue weighted by molar-refractivity contribution is -0.115. The lowest BCUT2D eigenvalue weighted by Gasteiger charge is -2.06. The van der Waals surface area contributed by atoms with Crippen LogP contribution in [0.15, 0.2) is 48.5 Å². The summed E-state index contributed by atoms with van der Waals surface area (Å²) in [7, 11) is 1.59. The Morgan fingerprint density at radius 3 is 2.19 bits per heavy atom. The van der Waals surface area contributed by atoms with E-state index in [4.69, 9.17) is 9.84 Å². The predicted molar refractivity (Wildman–Crippen MR) is 78.7 cm³/mol. The number of rotatable bonds is 5. The molecule has 0 heterocycles. The molecule has 2 N–H and O–H groups in total. The molecule has 0 fully saturated rings. The molecule has 0 aliphatic carbocycles. The molecule has 0 aliphatic rings. The Bertz CT molecular complexity index is 632. The Morgan fingerprint density at radius 1 is 1.05 bits per heavy atom. The first-order chi connectivity index (χ1) is 10.1. The Labute approximate surface area is 122 Å². The summed E-state index contributed by atoms with van der Waals surface area (Å²) in [5, 5.41) is 11.5. The van der Waals surface area contributed by atoms with Crippen molar-refractivity contribution < 1.29 is 19.4 Å². The fourth-order valence-electron chi connectivity index (χ4n) is 1.83. The minimum atomic E-state index is -0.994. The van der Waals surface area contributed by atoms with Crippen molar-refractivity contribution >= 4 is 17.6 Å². The van der Waals surface area contributed by atoms with Gasteiger partial charge in [0, 0.05) is 5.69 Å². The number of anilines is 1. The first-order valence-electron chi connectivity index (χ1n) is 6.34. The highest BCUT2D eigenvalue weighted by atomic mass is 16.5. The summed E-state index contributed by atoms with van der Waals surface area (Å²) in [6.07, 6.45) is 0.241. The van der Waals surface area contributed by atoms with Gasteiger partial charge >= 0.3 is 5.97 Å². The molecule has 0 aliphatic heterocycles. The van der Waals surface area contributed by atoms with Gasteiger partial charge in [-0.15, -0.1) is 0 Å². The van der Waals surface area contributed by atoms with Crippen LogP contribution in [0.2, 0.25) is 0 Å². The Balaban J connectivity index is 1.95. The molecule has 2 aromatic rings. The first-order valence-corrected chi connectivity index (χ1v) is 6.34. The monoisotopic (exact) mass is 285 g/mol. The van der Waals surface area contributed by atoms with Crippen molar-refractivity contribution in [3.8, 4) is 5.75 Å². The summed E-state index contributed by atoms with van der Waals surface area (Å²) >= 11 is 0. The maximum atomic E-state index is 11.9. The minimum Gasteiger partial charge on any atom is -0.497 e. The van der Waals surface area contributed by atoms with Crippen LogP contribution < -0.4 is 10.1 Å². The number of amides is 1. The van der Waals surface area contributed by atoms with Crippen molar-refractivity contribution in [2.24, 2.45) is 0 Å². The van der Waals surface area contributed by atoms with Crippen molar-refractivity contribution in [2.75, 3.05) is 12.4 Å². The van der Waals surface area contributed by atoms with Gasteiger partial charge in [-0.05, 0) is 42.0 Å². The van der Waals surface area contributed by atoms with Gasteiger partial charge in [-0.25, -0.2) is 4.79 Å². The number of aromatic carboxylic acids is 1. The average molecular weight is 285 g/mol. The third-order valence-corrected chi connectivity index (χ3v) is 2.94. The van der Waals surface area contributed by atoms with E-state index in [0.29, 0.717) is 5.69 Å². The standard InChI is InChI=1S/C16H15NO4/c1-21-14-8-2-11(3-9-14)10-15(18)17-13-6-4-12(5-7-13)16(19)20/h2-9H,10H2,1H3,(H,17,18)(H,19,20). The molecule has 5 nitrogen and oxygen atoms in total. The molecule has 0 saturated heterocycles. The second kappa shape index (κ2) is 6.56. The van der Waals surface area contributed by atoms with Crippen LogP contribution in [0.4, 0.5) is 5.69 Å². The normalized spacial score (nSPS) is 9.95. The third-order valence-electron chi connectivity index (χ3n) is 2.94. The summed E-state index contributed by atoms with van der Waals surface area (Å²) in [6, 6.07) is 13.3. The van der Waals surface area contributed by atoms with E-state index < -0.39 is 5.97 Å². The molecule has 0 atom stereocenters. The summed E-state index contributed by atoms with van der Waals surface area (Å²) in [4.78, 5) is 22.6. The zero-order valence-corrected chi connectivity index (χ0v) is 11.5. The van der Waals surface area contributed by atoms with Gasteiger partial charge < -0.3 is 15.2 Å². The van der Waals surface area contributed by atoms with Crippen molar-refractivity contribution in [3.63, 3.8) is 0 Å². The zero-order chi connectivity index (χ0) is 15.2. The summed E-state index contributed by atoms with van der Waals surface area (Å²) in [6.45, 7) is 0. The maximum absolute atomic E-state index is 11.9. The second-order valence-corrected chi connectivity index (χ2v) is 4.46. The molecule has 2 aromatic carbocycles. The fraction of sp³-hybridized carbons (Fsp3) is 0.125. The number of methoxy groups -OCH3 is 1. The van der Waals surface area contributed by atoms with Crippen LogP contribution in [-0.4, -0.2) is 24.1 Å². The number of benzene rings is 2. The largest absolute Gasteiger partial charge is 0.497 e. The predicted octanol–water partition coefficient (Wildman–Crippen LogP) is 2.57. The molecule has 0 saturated carbocycles. The number of hydrogen-bond donors (Lipinski definition) is 2. The van der Waals surface area contributed by atoms with Gasteiger partial charge in [0.25, 0.3) is 0 Å². The number of carbonyl (C=O) groups excluding carboxylic acids is 1. The Hall–Kier alpha value is -2.82. The van der Waals surface area contributed by atoms with E-state index >= 15 is 0 Å². The zero-order valence-electron chi connectivity index (χ0n) is 11.5. The molecule has 2 rings (SSSR count). The Morgan fingerprint density at radius 2 is 1.67 bits per heavy atom. The van der Waals surface area contributed by atoms with Crippen LogP contribution in [0.5, 0.6) is 5.75 Å². The van der Waals surface area contributed by atoms with E-state index in [-0.39, 0.29) is 17.9 Å². The SMILES string of the molecule is COc1ccc(CC(=O)Nc2ccc(C(=O)O)cc2)cc1. The van der Waals surface area contributed by atoms with Crippen LogP contribution in [0.25, 0.3) is 0 Å². The first kappa shape index (κ1) is 14.6. The lowest BCUT2D eigenvalue weighted by atomic mass is 10.1. The molecule has 21 heavy (non-hydrogen) atoms. The van der Waals surface area contributed by atoms with Gasteiger partial charge in [0.05, 0.1) is 19.1 Å². The molecule has 0 radical (unpaired) electrons. The van der Waals surface area contributed by atoms with Crippen molar-refractivity contribution in [2.45, 2.75) is 6.42 Å². The highest BCUT2D eigenvalue weighted by molar-refractivity contribution is 5.93. The Kier molecular flexibility index (Phi) is 4.56. The van der Waals surface area contributed by atoms with Crippen LogP contribution in [-0.2, 0) is 11.2 Å². The van der Waals surface area contributed by atoms with E-state index in [0.717, 1.165) is 11.3 Å². The van der Waals surface area contributed by atoms with Crippen LogP contribution in [0, 0.1) is 0 Å². The molecule has 0 bridgehead atoms. The molecule has 5 heteroatoms. The van der Waals surface area contributed by atoms with Gasteiger partial charge in [0.2, 0.25) is 5.91 Å². The lowest BCUT2D eigenvalue weighted by Crippen LogP contribution is -2.14. The molecule has 0 unspecified atom stereocenters. The smallest absolute Gasteiger partial charge is 0.335 e. The van der Waals surface area contributed by atoms with E-state index in [1.807, 2.05) is 12.1 Å². The van der Waals surface area contributed by atoms with Gasteiger partial charge in [0.1, 0.15) is 5.75 Å². The minimum absolute atomic E-state index is 0.164. The summed E-state index contributed by atoms with van der Waals surface area (Å²) < 4.78 is 5.05. The van der Waals surface area contributed by atoms with E-state index in [9.17, 15) is 9.59 Å². The van der Waals surface area contributed by atoms with Crippen molar-refractivity contribution in [1.29, 1.82) is 0 Å². The summed E-state index contributed by atoms with van der Waals surface area (Å²) in [5.41, 5.74) is 1.62. The van der Waals surface area contributed by atoms with Gasteiger partial charge in [0.15, 0.2) is 0 Å². The number of carbonyl (C=O) groups is 2. The van der Waals surface area contributed by atoms with Crippen molar-refractivity contribution in [3.05, 3.63) is 59.7 Å². The number of carboxylic acid groups (broad SMARTS) is 1. The number of carboxylic acids is 1. The molecular weight excluding hydrogens is 270 g/mol. The molecular formula is C16H15NO4. The highest BCUT2D eigenvalue weighted by Crippen LogP contribution is 2.13. The van der Waals surface area contributed by atoms with E-state index in [2.05, 4.69) is 5.32 Å². The van der Waals surface area contributed by atoms with Gasteiger partial charge in [-0.3, -0.25) is 4.79 Å². The van der Waals surface area contributed by atoms with E-state index in [1.54, 1.807) is 31.4 Å². The van der Waals surface area contributed by atoms with Crippen molar-refractivity contribution in [1.82, 2.24) is 0 Å². The van der Waals surface area contributed by atoms with Crippen LogP contribution in [0.3, 0.4) is 0 Å². The average Bonchev–Trinajstić information content (AvgIpc) is 2.48. The molecule has 108 valence electrons. The quantitative estimate of drug-likeness (QED) is 0.885. The fourth-order valence-corrected chi connectivity index (χ4v) is 1.83. The van der Waals surface area contributed by atoms with Gasteiger partial charge in [-0.1, -0.05) is 12.1 Å². The van der Waals surface area contributed by atoms with Crippen LogP contribution in [0.1, 0.15) is 15.9 Å².